The molecule has 0 unspecified atom stereocenters. The predicted octanol–water partition coefficient (Wildman–Crippen LogP) is 1.51. The van der Waals surface area contributed by atoms with Gasteiger partial charge in [-0.3, -0.25) is 4.79 Å². The maximum atomic E-state index is 12.2. The quantitative estimate of drug-likeness (QED) is 0.818. The van der Waals surface area contributed by atoms with E-state index in [-0.39, 0.29) is 5.91 Å². The molecule has 1 aliphatic heterocycles. The Morgan fingerprint density at radius 3 is 2.25 bits per heavy atom. The van der Waals surface area contributed by atoms with Crippen LogP contribution in [0.3, 0.4) is 0 Å². The van der Waals surface area contributed by atoms with Crippen molar-refractivity contribution in [2.24, 2.45) is 11.1 Å². The zero-order valence-electron chi connectivity index (χ0n) is 9.86. The van der Waals surface area contributed by atoms with Crippen molar-refractivity contribution in [3.63, 3.8) is 0 Å². The van der Waals surface area contributed by atoms with Gasteiger partial charge in [0, 0.05) is 19.6 Å². The van der Waals surface area contributed by atoms with Gasteiger partial charge in [-0.2, -0.15) is 0 Å². The van der Waals surface area contributed by atoms with Crippen LogP contribution in [0.25, 0.3) is 0 Å². The number of rotatable bonds is 2. The molecule has 1 aliphatic rings. The van der Waals surface area contributed by atoms with E-state index in [9.17, 15) is 4.79 Å². The molecule has 0 aliphatic carbocycles. The molecule has 0 aromatic heterocycles. The van der Waals surface area contributed by atoms with Gasteiger partial charge in [-0.25, -0.2) is 0 Å². The summed E-state index contributed by atoms with van der Waals surface area (Å²) in [7, 11) is 0. The van der Waals surface area contributed by atoms with Crippen LogP contribution in [-0.4, -0.2) is 17.4 Å². The first-order valence-corrected chi connectivity index (χ1v) is 5.61. The van der Waals surface area contributed by atoms with Gasteiger partial charge in [-0.15, -0.1) is 0 Å². The third-order valence-corrected chi connectivity index (χ3v) is 3.22. The summed E-state index contributed by atoms with van der Waals surface area (Å²) in [5.41, 5.74) is 7.68. The van der Waals surface area contributed by atoms with Crippen LogP contribution >= 0.6 is 0 Å². The average Bonchev–Trinajstić information content (AvgIpc) is 2.71. The molecule has 3 nitrogen and oxygen atoms in total. The highest BCUT2D eigenvalue weighted by Crippen LogP contribution is 2.27. The molecule has 0 bridgehead atoms. The number of hydrogen-bond acceptors (Lipinski definition) is 2. The zero-order valence-corrected chi connectivity index (χ0v) is 9.86. The Morgan fingerprint density at radius 1 is 1.31 bits per heavy atom. The summed E-state index contributed by atoms with van der Waals surface area (Å²) < 4.78 is 0. The van der Waals surface area contributed by atoms with Crippen molar-refractivity contribution >= 4 is 5.91 Å². The number of amides is 1. The number of fused-ring (bicyclic) bond motifs is 1. The lowest BCUT2D eigenvalue weighted by Gasteiger charge is -2.27. The van der Waals surface area contributed by atoms with Crippen LogP contribution in [-0.2, 0) is 17.9 Å². The van der Waals surface area contributed by atoms with Gasteiger partial charge in [-0.05, 0) is 25.0 Å². The first-order valence-electron chi connectivity index (χ1n) is 5.61. The van der Waals surface area contributed by atoms with Crippen molar-refractivity contribution in [2.45, 2.75) is 26.9 Å². The Bertz CT molecular complexity index is 387. The summed E-state index contributed by atoms with van der Waals surface area (Å²) in [6.45, 7) is 5.63. The highest BCUT2D eigenvalue weighted by atomic mass is 16.2. The zero-order chi connectivity index (χ0) is 11.8. The normalized spacial score (nSPS) is 15.1. The Kier molecular flexibility index (Phi) is 2.72. The molecular formula is C13H18N2O. The third kappa shape index (κ3) is 1.83. The lowest BCUT2D eigenvalue weighted by molar-refractivity contribution is -0.140. The largest absolute Gasteiger partial charge is 0.334 e. The van der Waals surface area contributed by atoms with Gasteiger partial charge in [0.05, 0.1) is 5.41 Å². The van der Waals surface area contributed by atoms with Crippen LogP contribution in [0.2, 0.25) is 0 Å². The minimum atomic E-state index is -0.456. The standard InChI is InChI=1S/C13H18N2O/c1-13(2,9-14)12(16)15-7-10-5-3-4-6-11(10)8-15/h3-6H,7-9,14H2,1-2H3. The average molecular weight is 218 g/mol. The van der Waals surface area contributed by atoms with Crippen LogP contribution in [0, 0.1) is 5.41 Å². The van der Waals surface area contributed by atoms with E-state index in [0.717, 1.165) is 13.1 Å². The molecular weight excluding hydrogens is 200 g/mol. The molecule has 2 rings (SSSR count). The molecule has 1 aromatic rings. The number of nitrogens with two attached hydrogens (primary N) is 1. The Hall–Kier alpha value is -1.35. The predicted molar refractivity (Wildman–Crippen MR) is 63.5 cm³/mol. The molecule has 0 saturated carbocycles. The SMILES string of the molecule is CC(C)(CN)C(=O)N1Cc2ccccc2C1. The van der Waals surface area contributed by atoms with Crippen molar-refractivity contribution in [1.82, 2.24) is 4.90 Å². The first kappa shape index (κ1) is 11.1. The molecule has 1 heterocycles. The van der Waals surface area contributed by atoms with Crippen molar-refractivity contribution in [1.29, 1.82) is 0 Å². The molecule has 0 fully saturated rings. The van der Waals surface area contributed by atoms with Gasteiger partial charge >= 0.3 is 0 Å². The second-order valence-electron chi connectivity index (χ2n) is 5.02. The van der Waals surface area contributed by atoms with Gasteiger partial charge < -0.3 is 10.6 Å². The summed E-state index contributed by atoms with van der Waals surface area (Å²) in [4.78, 5) is 14.1. The maximum Gasteiger partial charge on any atom is 0.230 e. The molecule has 2 N–H and O–H groups in total. The van der Waals surface area contributed by atoms with Gasteiger partial charge in [0.25, 0.3) is 0 Å². The minimum Gasteiger partial charge on any atom is -0.334 e. The molecule has 0 atom stereocenters. The van der Waals surface area contributed by atoms with Crippen LogP contribution in [0.1, 0.15) is 25.0 Å². The second-order valence-corrected chi connectivity index (χ2v) is 5.02. The second kappa shape index (κ2) is 3.91. The molecule has 1 aromatic carbocycles. The fraction of sp³-hybridized carbons (Fsp3) is 0.462. The minimum absolute atomic E-state index is 0.145. The first-order chi connectivity index (χ1) is 7.54. The van der Waals surface area contributed by atoms with Crippen molar-refractivity contribution in [3.05, 3.63) is 35.4 Å². The maximum absolute atomic E-state index is 12.2. The fourth-order valence-electron chi connectivity index (χ4n) is 1.99. The molecule has 1 amide bonds. The summed E-state index contributed by atoms with van der Waals surface area (Å²) in [5, 5.41) is 0. The molecule has 0 radical (unpaired) electrons. The number of nitrogens with zero attached hydrogens (tertiary/aromatic N) is 1. The molecule has 16 heavy (non-hydrogen) atoms. The van der Waals surface area contributed by atoms with E-state index in [0.29, 0.717) is 6.54 Å². The number of benzene rings is 1. The number of carbonyl (C=O) groups excluding carboxylic acids is 1. The third-order valence-electron chi connectivity index (χ3n) is 3.22. The van der Waals surface area contributed by atoms with E-state index in [1.165, 1.54) is 11.1 Å². The van der Waals surface area contributed by atoms with Crippen LogP contribution < -0.4 is 5.73 Å². The van der Waals surface area contributed by atoms with Crippen molar-refractivity contribution in [2.75, 3.05) is 6.54 Å². The number of carbonyl (C=O) groups is 1. The van der Waals surface area contributed by atoms with Gasteiger partial charge in [0.1, 0.15) is 0 Å². The summed E-state index contributed by atoms with van der Waals surface area (Å²) in [6.07, 6.45) is 0. The van der Waals surface area contributed by atoms with Crippen LogP contribution in [0.4, 0.5) is 0 Å². The van der Waals surface area contributed by atoms with E-state index in [1.54, 1.807) is 0 Å². The van der Waals surface area contributed by atoms with Crippen molar-refractivity contribution in [3.8, 4) is 0 Å². The number of hydrogen-bond donors (Lipinski definition) is 1. The molecule has 86 valence electrons. The smallest absolute Gasteiger partial charge is 0.230 e. The lowest BCUT2D eigenvalue weighted by Crippen LogP contribution is -2.42. The van der Waals surface area contributed by atoms with E-state index in [4.69, 9.17) is 5.73 Å². The Balaban J connectivity index is 2.15. The van der Waals surface area contributed by atoms with Crippen LogP contribution in [0.5, 0.6) is 0 Å². The van der Waals surface area contributed by atoms with E-state index in [2.05, 4.69) is 12.1 Å². The van der Waals surface area contributed by atoms with Crippen molar-refractivity contribution < 1.29 is 4.79 Å². The fourth-order valence-corrected chi connectivity index (χ4v) is 1.99. The van der Waals surface area contributed by atoms with E-state index in [1.807, 2.05) is 30.9 Å². The van der Waals surface area contributed by atoms with Crippen LogP contribution in [0.15, 0.2) is 24.3 Å². The summed E-state index contributed by atoms with van der Waals surface area (Å²) in [6, 6.07) is 8.19. The topological polar surface area (TPSA) is 46.3 Å². The van der Waals surface area contributed by atoms with Gasteiger partial charge in [0.2, 0.25) is 5.91 Å². The summed E-state index contributed by atoms with van der Waals surface area (Å²) >= 11 is 0. The lowest BCUT2D eigenvalue weighted by atomic mass is 9.92. The van der Waals surface area contributed by atoms with Gasteiger partial charge in [-0.1, -0.05) is 24.3 Å². The monoisotopic (exact) mass is 218 g/mol. The van der Waals surface area contributed by atoms with E-state index < -0.39 is 5.41 Å². The highest BCUT2D eigenvalue weighted by molar-refractivity contribution is 5.82. The molecule has 0 saturated heterocycles. The Morgan fingerprint density at radius 2 is 1.81 bits per heavy atom. The molecule has 0 spiro atoms. The van der Waals surface area contributed by atoms with E-state index >= 15 is 0 Å². The summed E-state index contributed by atoms with van der Waals surface area (Å²) in [5.74, 6) is 0.145. The Labute approximate surface area is 96.2 Å². The highest BCUT2D eigenvalue weighted by Gasteiger charge is 2.33. The molecule has 3 heteroatoms. The van der Waals surface area contributed by atoms with Gasteiger partial charge in [0.15, 0.2) is 0 Å².